The molecule has 0 unspecified atom stereocenters. The molecule has 16 heavy (non-hydrogen) atoms. The van der Waals surface area contributed by atoms with Crippen molar-refractivity contribution in [3.63, 3.8) is 0 Å². The summed E-state index contributed by atoms with van der Waals surface area (Å²) in [7, 11) is 0. The second-order valence-corrected chi connectivity index (χ2v) is 5.97. The maximum atomic E-state index is 11.0. The molecule has 0 radical (unpaired) electrons. The minimum Gasteiger partial charge on any atom is -0.408 e. The molecule has 0 atom stereocenters. The van der Waals surface area contributed by atoms with Gasteiger partial charge in [-0.1, -0.05) is 0 Å². The number of aromatic amines is 1. The molecule has 0 saturated heterocycles. The van der Waals surface area contributed by atoms with Crippen LogP contribution in [0.3, 0.4) is 0 Å². The Hall–Kier alpha value is -1.20. The van der Waals surface area contributed by atoms with Gasteiger partial charge in [-0.3, -0.25) is 4.98 Å². The maximum absolute atomic E-state index is 11.0. The highest BCUT2D eigenvalue weighted by Gasteiger charge is 2.18. The smallest absolute Gasteiger partial charge is 0.408 e. The number of aliphatic hydroxyl groups excluding tert-OH is 1. The molecule has 1 aromatic carbocycles. The summed E-state index contributed by atoms with van der Waals surface area (Å²) in [6, 6.07) is 5.48. The lowest BCUT2D eigenvalue weighted by Gasteiger charge is -2.20. The molecule has 0 spiro atoms. The molecular formula is C11H13NO3S. The van der Waals surface area contributed by atoms with Gasteiger partial charge >= 0.3 is 5.76 Å². The number of H-pyrrole nitrogens is 1. The van der Waals surface area contributed by atoms with E-state index >= 15 is 0 Å². The van der Waals surface area contributed by atoms with E-state index in [-0.39, 0.29) is 11.4 Å². The number of rotatable bonds is 3. The second-order valence-electron chi connectivity index (χ2n) is 4.19. The maximum Gasteiger partial charge on any atom is 0.417 e. The SMILES string of the molecule is CC(C)(CO)Sc1ccc2oc(=O)[nH]c2c1. The first kappa shape index (κ1) is 11.3. The number of hydrogen-bond donors (Lipinski definition) is 2. The van der Waals surface area contributed by atoms with E-state index in [2.05, 4.69) is 4.98 Å². The van der Waals surface area contributed by atoms with Crippen molar-refractivity contribution in [3.05, 3.63) is 28.7 Å². The molecule has 2 aromatic rings. The summed E-state index contributed by atoms with van der Waals surface area (Å²) >= 11 is 1.56. The number of aliphatic hydroxyl groups is 1. The van der Waals surface area contributed by atoms with Crippen molar-refractivity contribution >= 4 is 22.9 Å². The summed E-state index contributed by atoms with van der Waals surface area (Å²) in [6.07, 6.45) is 0. The van der Waals surface area contributed by atoms with Gasteiger partial charge in [-0.15, -0.1) is 11.8 Å². The van der Waals surface area contributed by atoms with Crippen LogP contribution in [0.25, 0.3) is 11.1 Å². The highest BCUT2D eigenvalue weighted by Crippen LogP contribution is 2.33. The molecule has 0 aliphatic heterocycles. The number of nitrogens with one attached hydrogen (secondary N) is 1. The number of hydrogen-bond acceptors (Lipinski definition) is 4. The van der Waals surface area contributed by atoms with E-state index in [1.807, 2.05) is 26.0 Å². The van der Waals surface area contributed by atoms with Gasteiger partial charge in [0.05, 0.1) is 12.1 Å². The third kappa shape index (κ3) is 2.31. The van der Waals surface area contributed by atoms with Gasteiger partial charge in [0.2, 0.25) is 0 Å². The van der Waals surface area contributed by atoms with Crippen molar-refractivity contribution in [3.8, 4) is 0 Å². The lowest BCUT2D eigenvalue weighted by molar-refractivity contribution is 0.265. The van der Waals surface area contributed by atoms with Gasteiger partial charge < -0.3 is 9.52 Å². The number of benzene rings is 1. The van der Waals surface area contributed by atoms with Crippen molar-refractivity contribution < 1.29 is 9.52 Å². The van der Waals surface area contributed by atoms with Gasteiger partial charge in [-0.25, -0.2) is 4.79 Å². The summed E-state index contributed by atoms with van der Waals surface area (Å²) in [6.45, 7) is 4.01. The highest BCUT2D eigenvalue weighted by molar-refractivity contribution is 8.00. The first-order chi connectivity index (χ1) is 7.50. The molecule has 0 bridgehead atoms. The van der Waals surface area contributed by atoms with E-state index in [0.29, 0.717) is 11.1 Å². The van der Waals surface area contributed by atoms with E-state index in [1.54, 1.807) is 17.8 Å². The van der Waals surface area contributed by atoms with Crippen LogP contribution in [0.2, 0.25) is 0 Å². The van der Waals surface area contributed by atoms with Gasteiger partial charge in [0, 0.05) is 9.64 Å². The topological polar surface area (TPSA) is 66.2 Å². The molecule has 4 nitrogen and oxygen atoms in total. The number of thioether (sulfide) groups is 1. The largest absolute Gasteiger partial charge is 0.417 e. The third-order valence-electron chi connectivity index (χ3n) is 2.17. The van der Waals surface area contributed by atoms with Crippen LogP contribution >= 0.6 is 11.8 Å². The molecule has 1 aromatic heterocycles. The van der Waals surface area contributed by atoms with Gasteiger partial charge in [0.25, 0.3) is 0 Å². The lowest BCUT2D eigenvalue weighted by atomic mass is 10.2. The third-order valence-corrected chi connectivity index (χ3v) is 3.34. The molecule has 0 amide bonds. The van der Waals surface area contributed by atoms with Crippen LogP contribution in [0, 0.1) is 0 Å². The average molecular weight is 239 g/mol. The molecule has 5 heteroatoms. The molecular weight excluding hydrogens is 226 g/mol. The van der Waals surface area contributed by atoms with Crippen LogP contribution in [-0.2, 0) is 0 Å². The Balaban J connectivity index is 2.36. The quantitative estimate of drug-likeness (QED) is 0.804. The Bertz CT molecular complexity index is 556. The van der Waals surface area contributed by atoms with Gasteiger partial charge in [0.15, 0.2) is 5.58 Å². The van der Waals surface area contributed by atoms with Crippen LogP contribution in [0.15, 0.2) is 32.3 Å². The fraction of sp³-hybridized carbons (Fsp3) is 0.364. The van der Waals surface area contributed by atoms with Gasteiger partial charge in [-0.2, -0.15) is 0 Å². The van der Waals surface area contributed by atoms with Crippen molar-refractivity contribution in [2.24, 2.45) is 0 Å². The van der Waals surface area contributed by atoms with Crippen molar-refractivity contribution in [1.29, 1.82) is 0 Å². The van der Waals surface area contributed by atoms with Gasteiger partial charge in [-0.05, 0) is 32.0 Å². The standard InChI is InChI=1S/C11H13NO3S/c1-11(2,6-13)16-7-3-4-9-8(5-7)12-10(14)15-9/h3-5,13H,6H2,1-2H3,(H,12,14). The van der Waals surface area contributed by atoms with E-state index in [1.165, 1.54) is 0 Å². The predicted octanol–water partition coefficient (Wildman–Crippen LogP) is 1.98. The van der Waals surface area contributed by atoms with E-state index < -0.39 is 5.76 Å². The molecule has 1 heterocycles. The Morgan fingerprint density at radius 3 is 2.94 bits per heavy atom. The predicted molar refractivity (Wildman–Crippen MR) is 63.9 cm³/mol. The number of oxazole rings is 1. The summed E-state index contributed by atoms with van der Waals surface area (Å²) in [5.74, 6) is -0.446. The average Bonchev–Trinajstić information content (AvgIpc) is 2.57. The minimum atomic E-state index is -0.446. The monoisotopic (exact) mass is 239 g/mol. The molecule has 0 fully saturated rings. The molecule has 2 N–H and O–H groups in total. The van der Waals surface area contributed by atoms with Crippen molar-refractivity contribution in [2.75, 3.05) is 6.61 Å². The fourth-order valence-electron chi connectivity index (χ4n) is 1.35. The molecule has 0 aliphatic carbocycles. The summed E-state index contributed by atoms with van der Waals surface area (Å²) in [5, 5.41) is 9.18. The molecule has 0 saturated carbocycles. The zero-order chi connectivity index (χ0) is 11.8. The second kappa shape index (κ2) is 3.99. The zero-order valence-corrected chi connectivity index (χ0v) is 9.93. The number of aromatic nitrogens is 1. The normalized spacial score (nSPS) is 12.2. The van der Waals surface area contributed by atoms with Crippen LogP contribution in [0.5, 0.6) is 0 Å². The Kier molecular flexibility index (Phi) is 2.82. The number of fused-ring (bicyclic) bond motifs is 1. The summed E-state index contributed by atoms with van der Waals surface area (Å²) < 4.78 is 4.67. The fourth-order valence-corrected chi connectivity index (χ4v) is 2.36. The van der Waals surface area contributed by atoms with E-state index in [0.717, 1.165) is 4.90 Å². The van der Waals surface area contributed by atoms with Crippen LogP contribution in [0.1, 0.15) is 13.8 Å². The van der Waals surface area contributed by atoms with Gasteiger partial charge in [0.1, 0.15) is 0 Å². The Labute approximate surface area is 96.7 Å². The van der Waals surface area contributed by atoms with Crippen LogP contribution < -0.4 is 5.76 Å². The molecule has 2 rings (SSSR count). The van der Waals surface area contributed by atoms with Crippen LogP contribution in [0.4, 0.5) is 0 Å². The first-order valence-electron chi connectivity index (χ1n) is 4.93. The first-order valence-corrected chi connectivity index (χ1v) is 5.74. The zero-order valence-electron chi connectivity index (χ0n) is 9.11. The minimum absolute atomic E-state index is 0.0949. The Morgan fingerprint density at radius 2 is 2.25 bits per heavy atom. The van der Waals surface area contributed by atoms with Crippen molar-refractivity contribution in [1.82, 2.24) is 4.98 Å². The van der Waals surface area contributed by atoms with Crippen molar-refractivity contribution in [2.45, 2.75) is 23.5 Å². The lowest BCUT2D eigenvalue weighted by Crippen LogP contribution is -2.19. The molecule has 0 aliphatic rings. The summed E-state index contributed by atoms with van der Waals surface area (Å²) in [4.78, 5) is 14.6. The summed E-state index contributed by atoms with van der Waals surface area (Å²) in [5.41, 5.74) is 1.24. The van der Waals surface area contributed by atoms with Crippen LogP contribution in [-0.4, -0.2) is 21.4 Å². The Morgan fingerprint density at radius 1 is 1.50 bits per heavy atom. The van der Waals surface area contributed by atoms with E-state index in [4.69, 9.17) is 4.42 Å². The van der Waals surface area contributed by atoms with E-state index in [9.17, 15) is 9.90 Å². The molecule has 86 valence electrons. The highest BCUT2D eigenvalue weighted by atomic mass is 32.2.